The van der Waals surface area contributed by atoms with Crippen molar-refractivity contribution in [3.63, 3.8) is 0 Å². The van der Waals surface area contributed by atoms with Crippen LogP contribution in [0.15, 0.2) is 0 Å². The Kier molecular flexibility index (Phi) is 6.17. The maximum Gasteiger partial charge on any atom is 0.463 e. The van der Waals surface area contributed by atoms with Gasteiger partial charge in [-0.05, 0) is 5.92 Å². The van der Waals surface area contributed by atoms with Gasteiger partial charge in [0.25, 0.3) is 5.91 Å². The molecule has 1 N–H and O–H groups in total. The standard InChI is InChI=1S/C10H14F5NO3/c1-6(2)5-19-7(17)3-4-16-8(18)9(11,12)10(13,14)15/h6H,3-5H2,1-2H3,(H,16,18). The lowest BCUT2D eigenvalue weighted by Crippen LogP contribution is -2.50. The zero-order valence-electron chi connectivity index (χ0n) is 10.3. The summed E-state index contributed by atoms with van der Waals surface area (Å²) >= 11 is 0. The number of ether oxygens (including phenoxy) is 1. The first-order chi connectivity index (χ1) is 8.48. The van der Waals surface area contributed by atoms with Crippen LogP contribution in [0.25, 0.3) is 0 Å². The fourth-order valence-electron chi connectivity index (χ4n) is 0.850. The topological polar surface area (TPSA) is 55.4 Å². The van der Waals surface area contributed by atoms with Crippen molar-refractivity contribution >= 4 is 11.9 Å². The average Bonchev–Trinajstić information content (AvgIpc) is 2.24. The molecule has 0 radical (unpaired) electrons. The van der Waals surface area contributed by atoms with Crippen LogP contribution in [0.3, 0.4) is 0 Å². The predicted octanol–water partition coefficient (Wildman–Crippen LogP) is 1.89. The van der Waals surface area contributed by atoms with E-state index in [1.807, 2.05) is 0 Å². The van der Waals surface area contributed by atoms with Gasteiger partial charge in [0.15, 0.2) is 0 Å². The van der Waals surface area contributed by atoms with Crippen LogP contribution in [-0.4, -0.2) is 37.1 Å². The molecule has 0 fully saturated rings. The second kappa shape index (κ2) is 6.67. The van der Waals surface area contributed by atoms with Gasteiger partial charge in [0, 0.05) is 6.54 Å². The monoisotopic (exact) mass is 291 g/mol. The summed E-state index contributed by atoms with van der Waals surface area (Å²) in [4.78, 5) is 21.6. The van der Waals surface area contributed by atoms with Crippen molar-refractivity contribution in [1.29, 1.82) is 0 Å². The van der Waals surface area contributed by atoms with Crippen LogP contribution in [0, 0.1) is 5.92 Å². The largest absolute Gasteiger partial charge is 0.465 e. The molecule has 9 heteroatoms. The lowest BCUT2D eigenvalue weighted by Gasteiger charge is -2.18. The van der Waals surface area contributed by atoms with Gasteiger partial charge < -0.3 is 10.1 Å². The molecular weight excluding hydrogens is 277 g/mol. The van der Waals surface area contributed by atoms with Crippen LogP contribution < -0.4 is 5.32 Å². The number of esters is 1. The lowest BCUT2D eigenvalue weighted by molar-refractivity contribution is -0.269. The molecule has 0 aromatic rings. The van der Waals surface area contributed by atoms with Crippen molar-refractivity contribution in [3.05, 3.63) is 0 Å². The van der Waals surface area contributed by atoms with Crippen molar-refractivity contribution in [1.82, 2.24) is 5.32 Å². The molecule has 0 heterocycles. The molecule has 0 atom stereocenters. The highest BCUT2D eigenvalue weighted by atomic mass is 19.4. The summed E-state index contributed by atoms with van der Waals surface area (Å²) in [6.45, 7) is 2.98. The molecule has 0 spiro atoms. The maximum atomic E-state index is 12.4. The molecule has 0 aliphatic carbocycles. The molecule has 0 bridgehead atoms. The van der Waals surface area contributed by atoms with Gasteiger partial charge in [0.1, 0.15) is 0 Å². The second-order valence-corrected chi connectivity index (χ2v) is 4.15. The normalized spacial score (nSPS) is 12.4. The molecule has 0 aliphatic heterocycles. The molecule has 0 aromatic heterocycles. The SMILES string of the molecule is CC(C)COC(=O)CCNC(=O)C(F)(F)C(F)(F)F. The fraction of sp³-hybridized carbons (Fsp3) is 0.800. The predicted molar refractivity (Wildman–Crippen MR) is 54.4 cm³/mol. The van der Waals surface area contributed by atoms with E-state index in [4.69, 9.17) is 0 Å². The quantitative estimate of drug-likeness (QED) is 0.600. The third kappa shape index (κ3) is 5.84. The highest BCUT2D eigenvalue weighted by Crippen LogP contribution is 2.35. The van der Waals surface area contributed by atoms with Crippen LogP contribution in [0.1, 0.15) is 20.3 Å². The number of carbonyl (C=O) groups excluding carboxylic acids is 2. The van der Waals surface area contributed by atoms with Crippen LogP contribution in [0.4, 0.5) is 22.0 Å². The minimum Gasteiger partial charge on any atom is -0.465 e. The van der Waals surface area contributed by atoms with Crippen molar-refractivity contribution in [2.45, 2.75) is 32.4 Å². The Morgan fingerprint density at radius 2 is 1.68 bits per heavy atom. The molecule has 0 unspecified atom stereocenters. The smallest absolute Gasteiger partial charge is 0.463 e. The first-order valence-electron chi connectivity index (χ1n) is 5.37. The van der Waals surface area contributed by atoms with Crippen molar-refractivity contribution in [3.8, 4) is 0 Å². The zero-order valence-corrected chi connectivity index (χ0v) is 10.3. The number of nitrogens with one attached hydrogen (secondary N) is 1. The van der Waals surface area contributed by atoms with E-state index in [1.54, 1.807) is 13.8 Å². The highest BCUT2D eigenvalue weighted by Gasteiger charge is 2.63. The van der Waals surface area contributed by atoms with Crippen LogP contribution in [0.2, 0.25) is 0 Å². The van der Waals surface area contributed by atoms with E-state index in [9.17, 15) is 31.5 Å². The first kappa shape index (κ1) is 17.6. The Morgan fingerprint density at radius 3 is 2.11 bits per heavy atom. The number of hydrogen-bond acceptors (Lipinski definition) is 3. The summed E-state index contributed by atoms with van der Waals surface area (Å²) < 4.78 is 64.9. The Balaban J connectivity index is 4.09. The maximum absolute atomic E-state index is 12.4. The van der Waals surface area contributed by atoms with E-state index in [2.05, 4.69) is 4.74 Å². The van der Waals surface area contributed by atoms with Gasteiger partial charge in [-0.25, -0.2) is 0 Å². The number of carbonyl (C=O) groups is 2. The van der Waals surface area contributed by atoms with Crippen molar-refractivity contribution in [2.75, 3.05) is 13.2 Å². The van der Waals surface area contributed by atoms with E-state index < -0.39 is 36.9 Å². The molecule has 1 amide bonds. The first-order valence-corrected chi connectivity index (χ1v) is 5.37. The number of amides is 1. The molecule has 0 rings (SSSR count). The Hall–Kier alpha value is -1.41. The zero-order chi connectivity index (χ0) is 15.3. The summed E-state index contributed by atoms with van der Waals surface area (Å²) in [5.41, 5.74) is 0. The second-order valence-electron chi connectivity index (χ2n) is 4.15. The van der Waals surface area contributed by atoms with Gasteiger partial charge >= 0.3 is 18.1 Å². The Bertz CT molecular complexity index is 328. The van der Waals surface area contributed by atoms with Gasteiger partial charge in [-0.15, -0.1) is 0 Å². The van der Waals surface area contributed by atoms with Crippen LogP contribution in [0.5, 0.6) is 0 Å². The summed E-state index contributed by atoms with van der Waals surface area (Å²) in [5.74, 6) is -8.69. The van der Waals surface area contributed by atoms with E-state index >= 15 is 0 Å². The van der Waals surface area contributed by atoms with E-state index in [0.29, 0.717) is 0 Å². The summed E-state index contributed by atoms with van der Waals surface area (Å²) in [6, 6.07) is 0. The average molecular weight is 291 g/mol. The third-order valence-corrected chi connectivity index (χ3v) is 1.83. The number of alkyl halides is 5. The molecule has 0 aromatic carbocycles. The molecule has 0 saturated carbocycles. The Morgan fingerprint density at radius 1 is 1.16 bits per heavy atom. The molecule has 112 valence electrons. The van der Waals surface area contributed by atoms with Gasteiger partial charge in [-0.3, -0.25) is 9.59 Å². The number of halogens is 5. The minimum absolute atomic E-state index is 0.0631. The fourth-order valence-corrected chi connectivity index (χ4v) is 0.850. The summed E-state index contributed by atoms with van der Waals surface area (Å²) in [6.07, 6.45) is -6.44. The van der Waals surface area contributed by atoms with Gasteiger partial charge in [-0.2, -0.15) is 22.0 Å². The molecule has 4 nitrogen and oxygen atoms in total. The summed E-state index contributed by atoms with van der Waals surface area (Å²) in [7, 11) is 0. The molecule has 19 heavy (non-hydrogen) atoms. The van der Waals surface area contributed by atoms with Gasteiger partial charge in [0.05, 0.1) is 13.0 Å². The third-order valence-electron chi connectivity index (χ3n) is 1.83. The Labute approximate surface area is 106 Å². The van der Waals surface area contributed by atoms with Gasteiger partial charge in [-0.1, -0.05) is 13.8 Å². The number of rotatable bonds is 6. The summed E-state index contributed by atoms with van der Waals surface area (Å²) in [5, 5.41) is 1.34. The van der Waals surface area contributed by atoms with Crippen LogP contribution >= 0.6 is 0 Å². The van der Waals surface area contributed by atoms with Crippen molar-refractivity contribution < 1.29 is 36.3 Å². The van der Waals surface area contributed by atoms with Crippen LogP contribution in [-0.2, 0) is 14.3 Å². The lowest BCUT2D eigenvalue weighted by atomic mass is 10.2. The molecule has 0 saturated heterocycles. The highest BCUT2D eigenvalue weighted by molar-refractivity contribution is 5.84. The number of hydrogen-bond donors (Lipinski definition) is 1. The van der Waals surface area contributed by atoms with E-state index in [1.165, 1.54) is 5.32 Å². The molecule has 0 aliphatic rings. The van der Waals surface area contributed by atoms with E-state index in [-0.39, 0.29) is 12.5 Å². The van der Waals surface area contributed by atoms with Crippen molar-refractivity contribution in [2.24, 2.45) is 5.92 Å². The van der Waals surface area contributed by atoms with E-state index in [0.717, 1.165) is 0 Å². The van der Waals surface area contributed by atoms with Gasteiger partial charge in [0.2, 0.25) is 0 Å². The minimum atomic E-state index is -5.96. The molecular formula is C10H14F5NO3.